The summed E-state index contributed by atoms with van der Waals surface area (Å²) >= 11 is 1.77. The number of fused-ring (bicyclic) bond motifs is 2. The zero-order valence-corrected chi connectivity index (χ0v) is 13.3. The van der Waals surface area contributed by atoms with Crippen molar-refractivity contribution >= 4 is 21.4 Å². The topological polar surface area (TPSA) is 20.2 Å². The number of aliphatic hydroxyl groups excluding tert-OH is 1. The zero-order chi connectivity index (χ0) is 14.2. The lowest BCUT2D eigenvalue weighted by molar-refractivity contribution is 0.0358. The van der Waals surface area contributed by atoms with Crippen molar-refractivity contribution in [2.75, 3.05) is 0 Å². The van der Waals surface area contributed by atoms with E-state index < -0.39 is 0 Å². The minimum Gasteiger partial charge on any atom is -0.388 e. The van der Waals surface area contributed by atoms with Gasteiger partial charge in [0.1, 0.15) is 0 Å². The van der Waals surface area contributed by atoms with E-state index in [1.54, 1.807) is 11.3 Å². The van der Waals surface area contributed by atoms with E-state index in [2.05, 4.69) is 29.6 Å². The summed E-state index contributed by atoms with van der Waals surface area (Å²) in [6.07, 6.45) is 9.21. The van der Waals surface area contributed by atoms with Crippen LogP contribution in [0.5, 0.6) is 0 Å². The first-order valence-corrected chi connectivity index (χ1v) is 9.35. The smallest absolute Gasteiger partial charge is 0.0832 e. The van der Waals surface area contributed by atoms with Crippen LogP contribution in [0.25, 0.3) is 10.1 Å². The van der Waals surface area contributed by atoms with Crippen molar-refractivity contribution < 1.29 is 5.11 Å². The Balaban J connectivity index is 1.57. The second-order valence-electron chi connectivity index (χ2n) is 7.01. The maximum Gasteiger partial charge on any atom is 0.0832 e. The molecule has 0 radical (unpaired) electrons. The Kier molecular flexibility index (Phi) is 3.76. The molecule has 2 fully saturated rings. The molecule has 1 nitrogen and oxygen atoms in total. The van der Waals surface area contributed by atoms with Gasteiger partial charge >= 0.3 is 0 Å². The quantitative estimate of drug-likeness (QED) is 0.772. The van der Waals surface area contributed by atoms with Gasteiger partial charge in [0.15, 0.2) is 0 Å². The summed E-state index contributed by atoms with van der Waals surface area (Å²) in [6.45, 7) is 0. The molecule has 4 rings (SSSR count). The molecule has 21 heavy (non-hydrogen) atoms. The lowest BCUT2D eigenvalue weighted by atomic mass is 9.66. The van der Waals surface area contributed by atoms with E-state index in [-0.39, 0.29) is 6.10 Å². The summed E-state index contributed by atoms with van der Waals surface area (Å²) in [5.41, 5.74) is 1.17. The molecule has 0 amide bonds. The van der Waals surface area contributed by atoms with E-state index in [1.807, 2.05) is 0 Å². The second kappa shape index (κ2) is 5.73. The number of thiophene rings is 1. The third kappa shape index (κ3) is 2.53. The van der Waals surface area contributed by atoms with E-state index in [1.165, 1.54) is 60.6 Å². The molecular formula is C19H24OS. The first-order chi connectivity index (χ1) is 10.3. The third-order valence-electron chi connectivity index (χ3n) is 5.85. The van der Waals surface area contributed by atoms with Crippen LogP contribution in [0.1, 0.15) is 56.6 Å². The molecule has 2 aromatic rings. The standard InChI is InChI=1S/C19H24OS/c20-18(17-7-3-6-14-10-11-21-19(14)17)16-9-8-13-4-1-2-5-15(13)12-16/h3,6-7,10-11,13,15-16,18,20H,1-2,4-5,8-9,12H2. The monoisotopic (exact) mass is 300 g/mol. The van der Waals surface area contributed by atoms with Crippen LogP contribution in [0.4, 0.5) is 0 Å². The van der Waals surface area contributed by atoms with E-state index in [9.17, 15) is 5.11 Å². The van der Waals surface area contributed by atoms with Crippen molar-refractivity contribution in [2.45, 2.75) is 51.0 Å². The molecule has 0 spiro atoms. The van der Waals surface area contributed by atoms with Crippen LogP contribution in [-0.2, 0) is 0 Å². The highest BCUT2D eigenvalue weighted by Crippen LogP contribution is 2.47. The maximum absolute atomic E-state index is 11.0. The summed E-state index contributed by atoms with van der Waals surface area (Å²) in [5.74, 6) is 2.31. The van der Waals surface area contributed by atoms with Crippen LogP contribution in [0.2, 0.25) is 0 Å². The van der Waals surface area contributed by atoms with Gasteiger partial charge < -0.3 is 5.11 Å². The molecule has 0 bridgehead atoms. The van der Waals surface area contributed by atoms with Crippen molar-refractivity contribution in [2.24, 2.45) is 17.8 Å². The molecule has 2 heteroatoms. The second-order valence-corrected chi connectivity index (χ2v) is 7.92. The summed E-state index contributed by atoms with van der Waals surface area (Å²) in [6, 6.07) is 8.55. The Labute approximate surface area is 131 Å². The molecule has 1 aromatic heterocycles. The molecule has 2 aliphatic carbocycles. The summed E-state index contributed by atoms with van der Waals surface area (Å²) in [4.78, 5) is 0. The minimum atomic E-state index is -0.268. The van der Waals surface area contributed by atoms with Crippen molar-refractivity contribution in [3.05, 3.63) is 35.2 Å². The minimum absolute atomic E-state index is 0.268. The van der Waals surface area contributed by atoms with Crippen LogP contribution in [-0.4, -0.2) is 5.11 Å². The first-order valence-electron chi connectivity index (χ1n) is 8.47. The van der Waals surface area contributed by atoms with Crippen molar-refractivity contribution in [3.63, 3.8) is 0 Å². The maximum atomic E-state index is 11.0. The van der Waals surface area contributed by atoms with E-state index >= 15 is 0 Å². The molecule has 112 valence electrons. The molecule has 0 saturated heterocycles. The predicted molar refractivity (Wildman–Crippen MR) is 89.6 cm³/mol. The fourth-order valence-corrected chi connectivity index (χ4v) is 5.65. The Morgan fingerprint density at radius 3 is 2.76 bits per heavy atom. The number of rotatable bonds is 2. The van der Waals surface area contributed by atoms with Gasteiger partial charge in [0.05, 0.1) is 6.10 Å². The Morgan fingerprint density at radius 2 is 1.86 bits per heavy atom. The van der Waals surface area contributed by atoms with E-state index in [0.717, 1.165) is 11.8 Å². The van der Waals surface area contributed by atoms with Gasteiger partial charge in [-0.15, -0.1) is 11.3 Å². The van der Waals surface area contributed by atoms with Gasteiger partial charge in [-0.2, -0.15) is 0 Å². The van der Waals surface area contributed by atoms with Gasteiger partial charge in [-0.05, 0) is 59.4 Å². The number of hydrogen-bond donors (Lipinski definition) is 1. The van der Waals surface area contributed by atoms with Crippen molar-refractivity contribution in [3.8, 4) is 0 Å². The first kappa shape index (κ1) is 13.8. The predicted octanol–water partition coefficient (Wildman–Crippen LogP) is 5.54. The van der Waals surface area contributed by atoms with Crippen LogP contribution < -0.4 is 0 Å². The fourth-order valence-electron chi connectivity index (χ4n) is 4.70. The molecule has 1 heterocycles. The van der Waals surface area contributed by atoms with Crippen LogP contribution in [0, 0.1) is 17.8 Å². The average molecular weight is 300 g/mol. The molecule has 2 saturated carbocycles. The molecule has 1 aromatic carbocycles. The number of hydrogen-bond acceptors (Lipinski definition) is 2. The van der Waals surface area contributed by atoms with Crippen molar-refractivity contribution in [1.82, 2.24) is 0 Å². The Morgan fingerprint density at radius 1 is 1.00 bits per heavy atom. The summed E-state index contributed by atoms with van der Waals surface area (Å²) in [5, 5.41) is 14.4. The molecular weight excluding hydrogens is 276 g/mol. The molecule has 4 atom stereocenters. The summed E-state index contributed by atoms with van der Waals surface area (Å²) in [7, 11) is 0. The zero-order valence-electron chi connectivity index (χ0n) is 12.5. The fraction of sp³-hybridized carbons (Fsp3) is 0.579. The highest BCUT2D eigenvalue weighted by molar-refractivity contribution is 7.17. The van der Waals surface area contributed by atoms with Gasteiger partial charge in [-0.3, -0.25) is 0 Å². The largest absolute Gasteiger partial charge is 0.388 e. The summed E-state index contributed by atoms with van der Waals surface area (Å²) < 4.78 is 1.29. The van der Waals surface area contributed by atoms with Crippen LogP contribution in [0.15, 0.2) is 29.6 Å². The molecule has 1 N–H and O–H groups in total. The lowest BCUT2D eigenvalue weighted by Gasteiger charge is -2.41. The van der Waals surface area contributed by atoms with Gasteiger partial charge in [0, 0.05) is 4.70 Å². The van der Waals surface area contributed by atoms with Crippen LogP contribution >= 0.6 is 11.3 Å². The third-order valence-corrected chi connectivity index (χ3v) is 6.83. The van der Waals surface area contributed by atoms with Crippen LogP contribution in [0.3, 0.4) is 0 Å². The highest BCUT2D eigenvalue weighted by Gasteiger charge is 2.35. The highest BCUT2D eigenvalue weighted by atomic mass is 32.1. The molecule has 2 aliphatic rings. The number of benzene rings is 1. The number of aliphatic hydroxyl groups is 1. The average Bonchev–Trinajstić information content (AvgIpc) is 3.02. The molecule has 0 aliphatic heterocycles. The SMILES string of the molecule is OC(c1cccc2ccsc12)C1CCC2CCCCC2C1. The van der Waals surface area contributed by atoms with Gasteiger partial charge in [0.25, 0.3) is 0 Å². The van der Waals surface area contributed by atoms with Gasteiger partial charge in [0.2, 0.25) is 0 Å². The van der Waals surface area contributed by atoms with Gasteiger partial charge in [-0.1, -0.05) is 43.9 Å². The van der Waals surface area contributed by atoms with E-state index in [4.69, 9.17) is 0 Å². The van der Waals surface area contributed by atoms with Crippen molar-refractivity contribution in [1.29, 1.82) is 0 Å². The van der Waals surface area contributed by atoms with E-state index in [0.29, 0.717) is 5.92 Å². The Bertz CT molecular complexity index is 617. The lowest BCUT2D eigenvalue weighted by Crippen LogP contribution is -2.30. The van der Waals surface area contributed by atoms with Gasteiger partial charge in [-0.25, -0.2) is 0 Å². The normalized spacial score (nSPS) is 31.0. The molecule has 4 unspecified atom stereocenters. The Hall–Kier alpha value is -0.860.